The Bertz CT molecular complexity index is 521. The maximum absolute atomic E-state index is 5.67. The second-order valence-electron chi connectivity index (χ2n) is 6.70. The van der Waals surface area contributed by atoms with E-state index in [0.29, 0.717) is 12.4 Å². The van der Waals surface area contributed by atoms with Crippen LogP contribution in [0, 0.1) is 5.92 Å². The first-order valence-electron chi connectivity index (χ1n) is 9.99. The Kier molecular flexibility index (Phi) is 13.2. The van der Waals surface area contributed by atoms with Crippen LogP contribution < -0.4 is 15.4 Å². The van der Waals surface area contributed by atoms with Crippen LogP contribution in [0.1, 0.15) is 51.5 Å². The van der Waals surface area contributed by atoms with Crippen LogP contribution in [0.15, 0.2) is 23.3 Å². The largest absolute Gasteiger partial charge is 0.477 e. The number of rotatable bonds is 13. The maximum atomic E-state index is 5.67. The third-order valence-corrected chi connectivity index (χ3v) is 4.13. The molecule has 1 aromatic heterocycles. The molecule has 7 heteroatoms. The topological polar surface area (TPSA) is 67.8 Å². The van der Waals surface area contributed by atoms with Crippen molar-refractivity contribution in [3.05, 3.63) is 23.9 Å². The van der Waals surface area contributed by atoms with E-state index in [1.54, 1.807) is 0 Å². The van der Waals surface area contributed by atoms with E-state index in [-0.39, 0.29) is 24.0 Å². The molecule has 1 fully saturated rings. The van der Waals surface area contributed by atoms with Gasteiger partial charge in [0.25, 0.3) is 0 Å². The molecule has 0 saturated heterocycles. The van der Waals surface area contributed by atoms with E-state index in [9.17, 15) is 0 Å². The molecule has 1 saturated carbocycles. The predicted molar refractivity (Wildman–Crippen MR) is 121 cm³/mol. The van der Waals surface area contributed by atoms with Crippen LogP contribution in [-0.4, -0.2) is 43.9 Å². The number of hydrogen-bond acceptors (Lipinski definition) is 4. The van der Waals surface area contributed by atoms with Crippen LogP contribution in [0.25, 0.3) is 0 Å². The molecule has 27 heavy (non-hydrogen) atoms. The Balaban J connectivity index is 0.00000364. The summed E-state index contributed by atoms with van der Waals surface area (Å²) >= 11 is 0. The molecule has 0 atom stereocenters. The highest BCUT2D eigenvalue weighted by molar-refractivity contribution is 14.0. The highest BCUT2D eigenvalue weighted by Gasteiger charge is 2.21. The standard InChI is InChI=1S/C20H34N4O2.HI/c1-3-5-12-25-13-6-11-22-20(21-4-2)24-15-18-9-10-19(23-14-18)26-16-17-7-8-17;/h9-10,14,17H,3-8,11-13,15-16H2,1-2H3,(H2,21,22,24);1H. The number of halogens is 1. The van der Waals surface area contributed by atoms with Crippen molar-refractivity contribution >= 4 is 29.9 Å². The van der Waals surface area contributed by atoms with Crippen molar-refractivity contribution < 1.29 is 9.47 Å². The number of pyridine rings is 1. The van der Waals surface area contributed by atoms with E-state index < -0.39 is 0 Å². The normalized spacial score (nSPS) is 13.8. The molecular formula is C20H35IN4O2. The quantitative estimate of drug-likeness (QED) is 0.191. The monoisotopic (exact) mass is 490 g/mol. The fourth-order valence-electron chi connectivity index (χ4n) is 2.32. The molecule has 1 heterocycles. The van der Waals surface area contributed by atoms with Gasteiger partial charge in [-0.05, 0) is 44.1 Å². The van der Waals surface area contributed by atoms with Crippen molar-refractivity contribution in [3.8, 4) is 5.88 Å². The number of guanidine groups is 1. The first-order valence-corrected chi connectivity index (χ1v) is 9.99. The summed E-state index contributed by atoms with van der Waals surface area (Å²) in [6, 6.07) is 3.96. The molecule has 0 amide bonds. The van der Waals surface area contributed by atoms with E-state index in [1.807, 2.05) is 18.3 Å². The smallest absolute Gasteiger partial charge is 0.213 e. The summed E-state index contributed by atoms with van der Waals surface area (Å²) in [4.78, 5) is 8.98. The Hall–Kier alpha value is -1.09. The molecule has 0 bridgehead atoms. The summed E-state index contributed by atoms with van der Waals surface area (Å²) in [5.41, 5.74) is 1.07. The van der Waals surface area contributed by atoms with Gasteiger partial charge < -0.3 is 20.1 Å². The Morgan fingerprint density at radius 3 is 2.67 bits per heavy atom. The van der Waals surface area contributed by atoms with E-state index in [0.717, 1.165) is 63.2 Å². The minimum absolute atomic E-state index is 0. The van der Waals surface area contributed by atoms with Crippen molar-refractivity contribution in [3.63, 3.8) is 0 Å². The fourth-order valence-corrected chi connectivity index (χ4v) is 2.32. The summed E-state index contributed by atoms with van der Waals surface area (Å²) < 4.78 is 11.2. The zero-order chi connectivity index (χ0) is 18.5. The van der Waals surface area contributed by atoms with Gasteiger partial charge in [-0.2, -0.15) is 0 Å². The van der Waals surface area contributed by atoms with Crippen LogP contribution >= 0.6 is 24.0 Å². The molecule has 2 N–H and O–H groups in total. The highest BCUT2D eigenvalue weighted by atomic mass is 127. The van der Waals surface area contributed by atoms with Crippen molar-refractivity contribution in [1.29, 1.82) is 0 Å². The molecule has 0 unspecified atom stereocenters. The average Bonchev–Trinajstić information content (AvgIpc) is 3.49. The summed E-state index contributed by atoms with van der Waals surface area (Å²) in [5.74, 6) is 2.28. The summed E-state index contributed by atoms with van der Waals surface area (Å²) in [5, 5.41) is 6.61. The van der Waals surface area contributed by atoms with Gasteiger partial charge in [0, 0.05) is 38.6 Å². The molecular weight excluding hydrogens is 455 g/mol. The molecule has 1 aliphatic rings. The van der Waals surface area contributed by atoms with Gasteiger partial charge in [0.2, 0.25) is 5.88 Å². The molecule has 2 rings (SSSR count). The lowest BCUT2D eigenvalue weighted by atomic mass is 10.3. The minimum Gasteiger partial charge on any atom is -0.477 e. The third kappa shape index (κ3) is 11.4. The van der Waals surface area contributed by atoms with Crippen LogP contribution in [0.5, 0.6) is 5.88 Å². The number of nitrogens with one attached hydrogen (secondary N) is 2. The van der Waals surface area contributed by atoms with Crippen LogP contribution in [0.2, 0.25) is 0 Å². The highest BCUT2D eigenvalue weighted by Crippen LogP contribution is 2.29. The minimum atomic E-state index is 0. The molecule has 0 aliphatic heterocycles. The average molecular weight is 490 g/mol. The van der Waals surface area contributed by atoms with Crippen LogP contribution in [0.4, 0.5) is 0 Å². The lowest BCUT2D eigenvalue weighted by Gasteiger charge is -2.11. The zero-order valence-corrected chi connectivity index (χ0v) is 19.0. The number of ether oxygens (including phenoxy) is 2. The first-order chi connectivity index (χ1) is 12.8. The van der Waals surface area contributed by atoms with Gasteiger partial charge in [-0.3, -0.25) is 0 Å². The number of nitrogens with zero attached hydrogens (tertiary/aromatic N) is 2. The SMILES string of the molecule is CCCCOCCCNC(=NCc1ccc(OCC2CC2)nc1)NCC.I. The number of aromatic nitrogens is 1. The Labute approximate surface area is 180 Å². The van der Waals surface area contributed by atoms with E-state index in [4.69, 9.17) is 9.47 Å². The molecule has 0 radical (unpaired) electrons. The first kappa shape index (κ1) is 23.9. The maximum Gasteiger partial charge on any atom is 0.213 e. The van der Waals surface area contributed by atoms with Gasteiger partial charge in [-0.1, -0.05) is 19.4 Å². The molecule has 6 nitrogen and oxygen atoms in total. The van der Waals surface area contributed by atoms with Crippen LogP contribution in [0.3, 0.4) is 0 Å². The van der Waals surface area contributed by atoms with Gasteiger partial charge in [-0.15, -0.1) is 24.0 Å². The lowest BCUT2D eigenvalue weighted by Crippen LogP contribution is -2.38. The van der Waals surface area contributed by atoms with Gasteiger partial charge in [0.1, 0.15) is 0 Å². The van der Waals surface area contributed by atoms with Gasteiger partial charge >= 0.3 is 0 Å². The van der Waals surface area contributed by atoms with Crippen molar-refractivity contribution in [1.82, 2.24) is 15.6 Å². The van der Waals surface area contributed by atoms with Crippen molar-refractivity contribution in [2.75, 3.05) is 32.9 Å². The van der Waals surface area contributed by atoms with E-state index >= 15 is 0 Å². The predicted octanol–water partition coefficient (Wildman–Crippen LogP) is 3.75. The number of aliphatic imine (C=N–C) groups is 1. The molecule has 154 valence electrons. The van der Waals surface area contributed by atoms with Gasteiger partial charge in [-0.25, -0.2) is 9.98 Å². The Morgan fingerprint density at radius 2 is 2.00 bits per heavy atom. The fraction of sp³-hybridized carbons (Fsp3) is 0.700. The second-order valence-corrected chi connectivity index (χ2v) is 6.70. The van der Waals surface area contributed by atoms with Gasteiger partial charge in [0.05, 0.1) is 13.2 Å². The molecule has 1 aromatic rings. The molecule has 0 spiro atoms. The zero-order valence-electron chi connectivity index (χ0n) is 16.7. The molecule has 1 aliphatic carbocycles. The number of hydrogen-bond donors (Lipinski definition) is 2. The summed E-state index contributed by atoms with van der Waals surface area (Å²) in [6.45, 7) is 8.97. The molecule has 0 aromatic carbocycles. The van der Waals surface area contributed by atoms with Crippen molar-refractivity contribution in [2.45, 2.75) is 52.5 Å². The third-order valence-electron chi connectivity index (χ3n) is 4.13. The van der Waals surface area contributed by atoms with E-state index in [2.05, 4.69) is 34.5 Å². The van der Waals surface area contributed by atoms with Gasteiger partial charge in [0.15, 0.2) is 5.96 Å². The number of unbranched alkanes of at least 4 members (excludes halogenated alkanes) is 1. The lowest BCUT2D eigenvalue weighted by molar-refractivity contribution is 0.129. The second kappa shape index (κ2) is 14.9. The van der Waals surface area contributed by atoms with E-state index in [1.165, 1.54) is 19.3 Å². The Morgan fingerprint density at radius 1 is 1.19 bits per heavy atom. The summed E-state index contributed by atoms with van der Waals surface area (Å²) in [6.07, 6.45) is 7.71. The van der Waals surface area contributed by atoms with Crippen LogP contribution in [-0.2, 0) is 11.3 Å². The summed E-state index contributed by atoms with van der Waals surface area (Å²) in [7, 11) is 0. The van der Waals surface area contributed by atoms with Crippen molar-refractivity contribution in [2.24, 2.45) is 10.9 Å².